The van der Waals surface area contributed by atoms with E-state index < -0.39 is 5.60 Å². The van der Waals surface area contributed by atoms with Crippen molar-refractivity contribution in [3.8, 4) is 0 Å². The normalized spacial score (nSPS) is 35.6. The number of amides is 1. The van der Waals surface area contributed by atoms with Gasteiger partial charge in [-0.25, -0.2) is 0 Å². The van der Waals surface area contributed by atoms with Gasteiger partial charge in [-0.1, -0.05) is 18.1 Å². The Morgan fingerprint density at radius 1 is 1.31 bits per heavy atom. The van der Waals surface area contributed by atoms with Crippen LogP contribution in [0, 0.1) is 11.8 Å². The number of hydrogen-bond acceptors (Lipinski definition) is 5. The van der Waals surface area contributed by atoms with Gasteiger partial charge < -0.3 is 10.4 Å². The number of nitrogens with one attached hydrogen (secondary N) is 1. The first-order valence-corrected chi connectivity index (χ1v) is 10.3. The van der Waals surface area contributed by atoms with E-state index in [1.807, 2.05) is 10.9 Å². The zero-order valence-corrected chi connectivity index (χ0v) is 15.3. The Hall–Kier alpha value is -1.47. The van der Waals surface area contributed by atoms with Crippen molar-refractivity contribution in [2.45, 2.75) is 75.6 Å². The van der Waals surface area contributed by atoms with Gasteiger partial charge >= 0.3 is 0 Å². The monoisotopic (exact) mass is 359 g/mol. The van der Waals surface area contributed by atoms with E-state index in [4.69, 9.17) is 0 Å². The molecule has 2 aliphatic carbocycles. The molecule has 0 aromatic carbocycles. The molecule has 0 spiro atoms. The summed E-state index contributed by atoms with van der Waals surface area (Å²) < 4.78 is 1.90. The van der Waals surface area contributed by atoms with Crippen molar-refractivity contribution >= 4 is 5.91 Å². The molecule has 3 aliphatic heterocycles. The Bertz CT molecular complexity index is 679. The number of aliphatic hydroxyl groups is 1. The number of fused-ring (bicyclic) bond motifs is 3. The van der Waals surface area contributed by atoms with Gasteiger partial charge in [0.15, 0.2) is 0 Å². The highest BCUT2D eigenvalue weighted by Crippen LogP contribution is 2.39. The number of carbonyl (C=O) groups excluding carboxylic acids is 1. The summed E-state index contributed by atoms with van der Waals surface area (Å²) in [5.41, 5.74) is -0.0384. The quantitative estimate of drug-likeness (QED) is 0.820. The van der Waals surface area contributed by atoms with Gasteiger partial charge in [-0.05, 0) is 51.0 Å². The van der Waals surface area contributed by atoms with Crippen LogP contribution in [0.3, 0.4) is 0 Å². The third-order valence-electron chi connectivity index (χ3n) is 6.98. The van der Waals surface area contributed by atoms with Crippen molar-refractivity contribution in [3.05, 3.63) is 11.9 Å². The molecule has 5 aliphatic rings. The van der Waals surface area contributed by atoms with Crippen LogP contribution in [-0.2, 0) is 16.9 Å². The maximum Gasteiger partial charge on any atom is 0.224 e. The number of aromatic nitrogens is 3. The molecule has 2 bridgehead atoms. The van der Waals surface area contributed by atoms with E-state index in [0.717, 1.165) is 76.7 Å². The van der Waals surface area contributed by atoms with Crippen molar-refractivity contribution in [2.75, 3.05) is 13.1 Å². The minimum Gasteiger partial charge on any atom is -0.383 e. The van der Waals surface area contributed by atoms with Gasteiger partial charge in [-0.15, -0.1) is 5.10 Å². The summed E-state index contributed by atoms with van der Waals surface area (Å²) in [7, 11) is 0. The molecule has 4 heterocycles. The lowest BCUT2D eigenvalue weighted by molar-refractivity contribution is -0.133. The third-order valence-corrected chi connectivity index (χ3v) is 6.98. The first-order chi connectivity index (χ1) is 12.6. The summed E-state index contributed by atoms with van der Waals surface area (Å²) >= 11 is 0. The van der Waals surface area contributed by atoms with Crippen LogP contribution in [-0.4, -0.2) is 56.1 Å². The molecule has 1 aromatic rings. The van der Waals surface area contributed by atoms with Crippen LogP contribution < -0.4 is 5.32 Å². The Morgan fingerprint density at radius 2 is 2.12 bits per heavy atom. The number of nitrogens with zero attached hydrogens (tertiary/aromatic N) is 4. The molecule has 0 radical (unpaired) electrons. The summed E-state index contributed by atoms with van der Waals surface area (Å²) in [5, 5.41) is 22.4. The van der Waals surface area contributed by atoms with Crippen molar-refractivity contribution in [2.24, 2.45) is 11.8 Å². The lowest BCUT2D eigenvalue weighted by Crippen LogP contribution is -2.58. The molecule has 6 rings (SSSR count). The van der Waals surface area contributed by atoms with Crippen LogP contribution in [0.15, 0.2) is 6.20 Å². The second-order valence-electron chi connectivity index (χ2n) is 8.89. The topological polar surface area (TPSA) is 83.3 Å². The van der Waals surface area contributed by atoms with E-state index in [0.29, 0.717) is 18.0 Å². The first-order valence-electron chi connectivity index (χ1n) is 10.3. The predicted molar refractivity (Wildman–Crippen MR) is 95.1 cm³/mol. The molecule has 4 atom stereocenters. The van der Waals surface area contributed by atoms with Crippen molar-refractivity contribution in [3.63, 3.8) is 0 Å². The molecule has 2 N–H and O–H groups in total. The number of hydrogen-bond donors (Lipinski definition) is 2. The summed E-state index contributed by atoms with van der Waals surface area (Å²) in [5.74, 6) is 0.920. The van der Waals surface area contributed by atoms with Gasteiger partial charge in [0, 0.05) is 18.6 Å². The minimum absolute atomic E-state index is 0.158. The number of piperidine rings is 3. The Labute approximate surface area is 154 Å². The van der Waals surface area contributed by atoms with Gasteiger partial charge in [0.2, 0.25) is 5.91 Å². The highest BCUT2D eigenvalue weighted by atomic mass is 16.3. The van der Waals surface area contributed by atoms with Crippen molar-refractivity contribution in [1.29, 1.82) is 0 Å². The average molecular weight is 359 g/mol. The smallest absolute Gasteiger partial charge is 0.224 e. The van der Waals surface area contributed by atoms with E-state index in [9.17, 15) is 9.90 Å². The molecule has 1 amide bonds. The van der Waals surface area contributed by atoms with Crippen molar-refractivity contribution in [1.82, 2.24) is 25.2 Å². The van der Waals surface area contributed by atoms with Gasteiger partial charge in [-0.3, -0.25) is 14.4 Å². The average Bonchev–Trinajstić information content (AvgIpc) is 3.14. The predicted octanol–water partition coefficient (Wildman–Crippen LogP) is 1.03. The second-order valence-corrected chi connectivity index (χ2v) is 8.89. The molecule has 5 fully saturated rings. The lowest BCUT2D eigenvalue weighted by Gasteiger charge is -2.49. The van der Waals surface area contributed by atoms with Crippen molar-refractivity contribution < 1.29 is 9.90 Å². The molecule has 2 unspecified atom stereocenters. The Kier molecular flexibility index (Phi) is 4.05. The molecule has 7 heteroatoms. The zero-order valence-electron chi connectivity index (χ0n) is 15.3. The van der Waals surface area contributed by atoms with Gasteiger partial charge in [0.1, 0.15) is 11.3 Å². The van der Waals surface area contributed by atoms with Gasteiger partial charge in [0.05, 0.1) is 18.7 Å². The highest BCUT2D eigenvalue weighted by Gasteiger charge is 2.44. The Balaban J connectivity index is 1.22. The zero-order chi connectivity index (χ0) is 17.7. The van der Waals surface area contributed by atoms with Crippen LogP contribution in [0.5, 0.6) is 0 Å². The van der Waals surface area contributed by atoms with E-state index in [-0.39, 0.29) is 11.8 Å². The standard InChI is InChI=1S/C19H29N5O2/c25-18(20-14-3-4-14)16-11-23-8-5-13(16)9-15(23)10-24-12-17(21-22-24)19(26)6-1-2-7-19/h12-16,26H,1-11H2,(H,20,25)/t13?,15-,16+/m1/s1. The van der Waals surface area contributed by atoms with Crippen LogP contribution >= 0.6 is 0 Å². The molecule has 7 nitrogen and oxygen atoms in total. The second kappa shape index (κ2) is 6.30. The molecule has 1 aromatic heterocycles. The van der Waals surface area contributed by atoms with Gasteiger partial charge in [-0.2, -0.15) is 0 Å². The lowest BCUT2D eigenvalue weighted by atomic mass is 9.75. The van der Waals surface area contributed by atoms with E-state index in [2.05, 4.69) is 20.5 Å². The molecule has 142 valence electrons. The van der Waals surface area contributed by atoms with Crippen LogP contribution in [0.2, 0.25) is 0 Å². The minimum atomic E-state index is -0.768. The number of rotatable bonds is 5. The maximum absolute atomic E-state index is 12.5. The maximum atomic E-state index is 12.5. The summed E-state index contributed by atoms with van der Waals surface area (Å²) in [4.78, 5) is 15.0. The molecular formula is C19H29N5O2. The van der Waals surface area contributed by atoms with Crippen LogP contribution in [0.1, 0.15) is 57.1 Å². The SMILES string of the molecule is O=C(NC1CC1)[C@H]1CN2CCC1C[C@@H]2Cn1cc(C2(O)CCCC2)nn1. The van der Waals surface area contributed by atoms with E-state index >= 15 is 0 Å². The van der Waals surface area contributed by atoms with Crippen LogP contribution in [0.4, 0.5) is 0 Å². The fourth-order valence-electron chi connectivity index (χ4n) is 5.19. The summed E-state index contributed by atoms with van der Waals surface area (Å²) in [6.07, 6.45) is 10.1. The van der Waals surface area contributed by atoms with Gasteiger partial charge in [0.25, 0.3) is 0 Å². The van der Waals surface area contributed by atoms with E-state index in [1.54, 1.807) is 0 Å². The molecule has 3 saturated heterocycles. The number of carbonyl (C=O) groups is 1. The summed E-state index contributed by atoms with van der Waals surface area (Å²) in [6, 6.07) is 0.871. The highest BCUT2D eigenvalue weighted by molar-refractivity contribution is 5.80. The largest absolute Gasteiger partial charge is 0.383 e. The fourth-order valence-corrected chi connectivity index (χ4v) is 5.19. The summed E-state index contributed by atoms with van der Waals surface area (Å²) in [6.45, 7) is 2.75. The third kappa shape index (κ3) is 3.05. The molecule has 26 heavy (non-hydrogen) atoms. The molecule has 2 saturated carbocycles. The Morgan fingerprint density at radius 3 is 2.81 bits per heavy atom. The first kappa shape index (κ1) is 16.7. The van der Waals surface area contributed by atoms with Crippen LogP contribution in [0.25, 0.3) is 0 Å². The molecular weight excluding hydrogens is 330 g/mol. The fraction of sp³-hybridized carbons (Fsp3) is 0.842. The van der Waals surface area contributed by atoms with E-state index in [1.165, 1.54) is 0 Å².